The van der Waals surface area contributed by atoms with Crippen LogP contribution in [-0.4, -0.2) is 31.7 Å². The number of aromatic nitrogens is 5. The zero-order valence-corrected chi connectivity index (χ0v) is 15.5. The third-order valence-electron chi connectivity index (χ3n) is 4.98. The van der Waals surface area contributed by atoms with Gasteiger partial charge in [0.2, 0.25) is 12.7 Å². The monoisotopic (exact) mass is 414 g/mol. The minimum atomic E-state index is -0.288. The van der Waals surface area contributed by atoms with Crippen LogP contribution < -0.4 is 20.3 Å². The Morgan fingerprint density at radius 3 is 2.84 bits per heavy atom. The number of anilines is 2. The number of pyridine rings is 1. The molecule has 9 heteroatoms. The number of fused-ring (bicyclic) bond motifs is 3. The first kappa shape index (κ1) is 18.6. The van der Waals surface area contributed by atoms with Gasteiger partial charge in [0.05, 0.1) is 11.8 Å². The Labute approximate surface area is 176 Å². The zero-order valence-electron chi connectivity index (χ0n) is 15.5. The maximum absolute atomic E-state index is 12.2. The highest BCUT2D eigenvalue weighted by atomic mass is 16.7. The summed E-state index contributed by atoms with van der Waals surface area (Å²) in [5.41, 5.74) is 4.01. The summed E-state index contributed by atoms with van der Waals surface area (Å²) in [6.45, 7) is 0.232. The number of hydrogen-bond donors (Lipinski definition) is 3. The van der Waals surface area contributed by atoms with Crippen molar-refractivity contribution in [2.45, 2.75) is 7.43 Å². The van der Waals surface area contributed by atoms with Crippen molar-refractivity contribution in [2.75, 3.05) is 12.1 Å². The molecule has 0 saturated heterocycles. The lowest BCUT2D eigenvalue weighted by atomic mass is 10.0. The van der Waals surface area contributed by atoms with E-state index in [1.54, 1.807) is 6.20 Å². The number of H-pyrrole nitrogens is 2. The lowest BCUT2D eigenvalue weighted by Crippen LogP contribution is -2.11. The fraction of sp³-hybridized carbons (Fsp3) is 0.0909. The summed E-state index contributed by atoms with van der Waals surface area (Å²) in [4.78, 5) is 30.5. The highest BCUT2D eigenvalue weighted by molar-refractivity contribution is 5.96. The lowest BCUT2D eigenvalue weighted by molar-refractivity contribution is 0.174. The van der Waals surface area contributed by atoms with E-state index in [0.717, 1.165) is 39.2 Å². The molecule has 0 spiro atoms. The van der Waals surface area contributed by atoms with Crippen molar-refractivity contribution in [1.82, 2.24) is 24.9 Å². The third kappa shape index (κ3) is 3.12. The van der Waals surface area contributed by atoms with E-state index < -0.39 is 0 Å². The summed E-state index contributed by atoms with van der Waals surface area (Å²) in [5, 5.41) is 4.09. The predicted molar refractivity (Wildman–Crippen MR) is 118 cm³/mol. The van der Waals surface area contributed by atoms with Crippen molar-refractivity contribution in [3.8, 4) is 22.6 Å². The van der Waals surface area contributed by atoms with Gasteiger partial charge < -0.3 is 19.8 Å². The summed E-state index contributed by atoms with van der Waals surface area (Å²) in [7, 11) is 0. The van der Waals surface area contributed by atoms with Crippen molar-refractivity contribution < 1.29 is 9.47 Å². The molecular formula is C22H18N6O3. The molecule has 0 unspecified atom stereocenters. The smallest absolute Gasteiger partial charge is 0.278 e. The average molecular weight is 414 g/mol. The molecule has 4 heterocycles. The Morgan fingerprint density at radius 1 is 1.00 bits per heavy atom. The number of ether oxygens (including phenoxy) is 2. The van der Waals surface area contributed by atoms with Gasteiger partial charge in [-0.2, -0.15) is 4.98 Å². The second-order valence-electron chi connectivity index (χ2n) is 6.80. The number of nitrogens with zero attached hydrogens (tertiary/aromatic N) is 3. The van der Waals surface area contributed by atoms with E-state index in [0.29, 0.717) is 17.1 Å². The van der Waals surface area contributed by atoms with Gasteiger partial charge in [-0.15, -0.1) is 0 Å². The predicted octanol–water partition coefficient (Wildman–Crippen LogP) is 3.97. The highest BCUT2D eigenvalue weighted by Crippen LogP contribution is 2.38. The molecule has 0 amide bonds. The zero-order chi connectivity index (χ0) is 20.1. The van der Waals surface area contributed by atoms with E-state index in [2.05, 4.69) is 30.2 Å². The molecule has 5 aromatic rings. The molecule has 0 bridgehead atoms. The second-order valence-corrected chi connectivity index (χ2v) is 6.80. The molecule has 1 aliphatic rings. The Morgan fingerprint density at radius 2 is 1.90 bits per heavy atom. The van der Waals surface area contributed by atoms with Crippen LogP contribution in [0.15, 0.2) is 59.8 Å². The van der Waals surface area contributed by atoms with Crippen LogP contribution in [0.2, 0.25) is 0 Å². The summed E-state index contributed by atoms with van der Waals surface area (Å²) in [6, 6.07) is 13.6. The third-order valence-corrected chi connectivity index (χ3v) is 4.98. The van der Waals surface area contributed by atoms with Gasteiger partial charge in [-0.1, -0.05) is 13.5 Å². The molecule has 0 radical (unpaired) electrons. The van der Waals surface area contributed by atoms with Crippen LogP contribution >= 0.6 is 0 Å². The van der Waals surface area contributed by atoms with E-state index in [9.17, 15) is 4.79 Å². The van der Waals surface area contributed by atoms with Gasteiger partial charge in [-0.3, -0.25) is 14.8 Å². The van der Waals surface area contributed by atoms with Crippen LogP contribution in [0.4, 0.5) is 11.6 Å². The van der Waals surface area contributed by atoms with Crippen LogP contribution in [0.1, 0.15) is 7.43 Å². The second kappa shape index (κ2) is 7.13. The van der Waals surface area contributed by atoms with Crippen LogP contribution in [-0.2, 0) is 0 Å². The quantitative estimate of drug-likeness (QED) is 0.409. The van der Waals surface area contributed by atoms with Gasteiger partial charge in [0.15, 0.2) is 22.7 Å². The van der Waals surface area contributed by atoms with Gasteiger partial charge in [0.1, 0.15) is 0 Å². The van der Waals surface area contributed by atoms with Gasteiger partial charge in [-0.05, 0) is 47.5 Å². The van der Waals surface area contributed by atoms with Crippen LogP contribution in [0.3, 0.4) is 0 Å². The number of rotatable bonds is 3. The lowest BCUT2D eigenvalue weighted by Gasteiger charge is -2.10. The number of imidazole rings is 1. The first-order valence-corrected chi connectivity index (χ1v) is 9.24. The number of nitrogens with one attached hydrogen (secondary N) is 3. The molecule has 0 fully saturated rings. The molecule has 6 rings (SSSR count). The first-order valence-electron chi connectivity index (χ1n) is 9.24. The minimum Gasteiger partial charge on any atom is -0.454 e. The van der Waals surface area contributed by atoms with E-state index >= 15 is 0 Å². The number of benzene rings is 2. The number of aromatic amines is 2. The van der Waals surface area contributed by atoms with E-state index in [1.807, 2.05) is 42.5 Å². The maximum atomic E-state index is 12.2. The van der Waals surface area contributed by atoms with Crippen LogP contribution in [0, 0.1) is 0 Å². The van der Waals surface area contributed by atoms with Crippen molar-refractivity contribution in [3.05, 3.63) is 65.3 Å². The Balaban J connectivity index is 0.00000204. The summed E-state index contributed by atoms with van der Waals surface area (Å²) in [6.07, 6.45) is 3.22. The average Bonchev–Trinajstić information content (AvgIpc) is 3.42. The molecule has 3 aromatic heterocycles. The number of hydrogen-bond acceptors (Lipinski definition) is 7. The molecule has 2 aromatic carbocycles. The molecule has 0 atom stereocenters. The summed E-state index contributed by atoms with van der Waals surface area (Å²) in [5.74, 6) is 1.77. The molecule has 0 aliphatic carbocycles. The molecule has 9 nitrogen and oxygen atoms in total. The summed E-state index contributed by atoms with van der Waals surface area (Å²) >= 11 is 0. The highest BCUT2D eigenvalue weighted by Gasteiger charge is 2.15. The van der Waals surface area contributed by atoms with E-state index in [4.69, 9.17) is 9.47 Å². The van der Waals surface area contributed by atoms with Crippen molar-refractivity contribution >= 4 is 33.7 Å². The molecule has 31 heavy (non-hydrogen) atoms. The maximum Gasteiger partial charge on any atom is 0.278 e. The molecule has 1 aliphatic heterocycles. The van der Waals surface area contributed by atoms with E-state index in [-0.39, 0.29) is 19.8 Å². The molecule has 0 saturated carbocycles. The van der Waals surface area contributed by atoms with Crippen LogP contribution in [0.25, 0.3) is 33.2 Å². The molecule has 154 valence electrons. The standard InChI is InChI=1S/C21H14N6O3.CH4/c28-20-18-19(24-9-23-18)26-21(27-20)25-12-2-3-15-14(8-12)13(5-6-22-15)11-1-4-16-17(7-11)30-10-29-16;/h1-9H,10H2,(H3,23,24,25,26,27,28);1H4. The Bertz CT molecular complexity index is 1490. The van der Waals surface area contributed by atoms with Gasteiger partial charge in [0.25, 0.3) is 5.56 Å². The van der Waals surface area contributed by atoms with E-state index in [1.165, 1.54) is 6.33 Å². The van der Waals surface area contributed by atoms with Gasteiger partial charge >= 0.3 is 0 Å². The van der Waals surface area contributed by atoms with Gasteiger partial charge in [0, 0.05) is 17.3 Å². The normalized spacial score (nSPS) is 12.1. The minimum absolute atomic E-state index is 0. The Hall–Kier alpha value is -4.40. The van der Waals surface area contributed by atoms with Crippen molar-refractivity contribution in [3.63, 3.8) is 0 Å². The first-order chi connectivity index (χ1) is 14.7. The van der Waals surface area contributed by atoms with Gasteiger partial charge in [-0.25, -0.2) is 4.98 Å². The fourth-order valence-electron chi connectivity index (χ4n) is 3.58. The largest absolute Gasteiger partial charge is 0.454 e. The molecular weight excluding hydrogens is 396 g/mol. The SMILES string of the molecule is C.O=c1[nH]c(Nc2ccc3nccc(-c4ccc5c(c4)OCO5)c3c2)nc2nc[nH]c12. The Kier molecular flexibility index (Phi) is 4.28. The molecule has 3 N–H and O–H groups in total. The topological polar surface area (TPSA) is 118 Å². The van der Waals surface area contributed by atoms with Crippen LogP contribution in [0.5, 0.6) is 11.5 Å². The van der Waals surface area contributed by atoms with Crippen molar-refractivity contribution in [1.29, 1.82) is 0 Å². The summed E-state index contributed by atoms with van der Waals surface area (Å²) < 4.78 is 10.9. The fourth-order valence-corrected chi connectivity index (χ4v) is 3.58. The van der Waals surface area contributed by atoms with Crippen molar-refractivity contribution in [2.24, 2.45) is 0 Å².